The van der Waals surface area contributed by atoms with Gasteiger partial charge in [-0.2, -0.15) is 0 Å². The number of carbonyl (C=O) groups excluding carboxylic acids is 1. The summed E-state index contributed by atoms with van der Waals surface area (Å²) >= 11 is 13.2. The molecule has 0 radical (unpaired) electrons. The Morgan fingerprint density at radius 2 is 2.28 bits per heavy atom. The van der Waals surface area contributed by atoms with Crippen LogP contribution in [0.2, 0.25) is 8.67 Å². The van der Waals surface area contributed by atoms with Gasteiger partial charge in [0.1, 0.15) is 4.34 Å². The molecule has 3 rings (SSSR count). The number of nitrogens with one attached hydrogen (secondary N) is 1. The van der Waals surface area contributed by atoms with Crippen LogP contribution in [0.1, 0.15) is 36.0 Å². The Labute approximate surface area is 121 Å². The second-order valence-corrected chi connectivity index (χ2v) is 7.52. The zero-order chi connectivity index (χ0) is 12.7. The minimum absolute atomic E-state index is 0.119. The lowest BCUT2D eigenvalue weighted by atomic mass is 9.90. The van der Waals surface area contributed by atoms with Crippen LogP contribution in [-0.2, 0) is 0 Å². The summed E-state index contributed by atoms with van der Waals surface area (Å²) in [6, 6.07) is 2.03. The average Bonchev–Trinajstić information content (AvgIpc) is 2.96. The van der Waals surface area contributed by atoms with Gasteiger partial charge in [0.25, 0.3) is 0 Å². The molecule has 0 amide bonds. The molecule has 98 valence electrons. The number of thiophene rings is 1. The molecule has 1 aromatic rings. The van der Waals surface area contributed by atoms with Crippen molar-refractivity contribution in [2.24, 2.45) is 11.8 Å². The fourth-order valence-corrected chi connectivity index (χ4v) is 4.87. The number of fused-ring (bicyclic) bond motifs is 1. The van der Waals surface area contributed by atoms with Crippen molar-refractivity contribution in [3.8, 4) is 0 Å². The topological polar surface area (TPSA) is 29.1 Å². The van der Waals surface area contributed by atoms with Crippen molar-refractivity contribution in [3.63, 3.8) is 0 Å². The predicted octanol–water partition coefficient (Wildman–Crippen LogP) is 4.02. The number of carbonyl (C=O) groups is 1. The van der Waals surface area contributed by atoms with E-state index in [1.165, 1.54) is 30.6 Å². The number of hydrogen-bond donors (Lipinski definition) is 1. The maximum atomic E-state index is 12.2. The zero-order valence-corrected chi connectivity index (χ0v) is 12.2. The summed E-state index contributed by atoms with van der Waals surface area (Å²) in [6.07, 6.45) is 4.43. The second kappa shape index (κ2) is 5.12. The summed E-state index contributed by atoms with van der Waals surface area (Å²) in [4.78, 5) is 12.2. The third-order valence-corrected chi connectivity index (χ3v) is 5.73. The Morgan fingerprint density at radius 1 is 1.44 bits per heavy atom. The molecular weight excluding hydrogens is 289 g/mol. The van der Waals surface area contributed by atoms with Crippen LogP contribution >= 0.6 is 34.5 Å². The molecule has 3 atom stereocenters. The highest BCUT2D eigenvalue weighted by Crippen LogP contribution is 2.39. The average molecular weight is 304 g/mol. The molecule has 5 heteroatoms. The van der Waals surface area contributed by atoms with Crippen LogP contribution in [0.15, 0.2) is 6.07 Å². The van der Waals surface area contributed by atoms with E-state index < -0.39 is 0 Å². The molecule has 1 saturated carbocycles. The van der Waals surface area contributed by atoms with Crippen molar-refractivity contribution >= 4 is 40.3 Å². The molecular formula is C13H15Cl2NOS. The van der Waals surface area contributed by atoms with Gasteiger partial charge in [0.05, 0.1) is 4.34 Å². The Balaban J connectivity index is 1.69. The van der Waals surface area contributed by atoms with E-state index in [-0.39, 0.29) is 5.78 Å². The lowest BCUT2D eigenvalue weighted by molar-refractivity contribution is 0.0964. The first kappa shape index (κ1) is 12.9. The monoisotopic (exact) mass is 303 g/mol. The Bertz CT molecular complexity index is 474. The predicted molar refractivity (Wildman–Crippen MR) is 75.9 cm³/mol. The van der Waals surface area contributed by atoms with Gasteiger partial charge in [0.15, 0.2) is 5.78 Å². The van der Waals surface area contributed by atoms with Gasteiger partial charge in [-0.15, -0.1) is 11.3 Å². The maximum Gasteiger partial charge on any atom is 0.166 e. The van der Waals surface area contributed by atoms with Crippen molar-refractivity contribution in [1.82, 2.24) is 5.32 Å². The molecule has 2 heterocycles. The summed E-state index contributed by atoms with van der Waals surface area (Å²) < 4.78 is 1.10. The van der Waals surface area contributed by atoms with Crippen LogP contribution < -0.4 is 5.32 Å². The third kappa shape index (κ3) is 2.34. The first-order valence-corrected chi connectivity index (χ1v) is 7.94. The largest absolute Gasteiger partial charge is 0.313 e. The van der Waals surface area contributed by atoms with E-state index in [4.69, 9.17) is 23.2 Å². The van der Waals surface area contributed by atoms with Gasteiger partial charge < -0.3 is 5.32 Å². The summed E-state index contributed by atoms with van der Waals surface area (Å²) in [6.45, 7) is 1.07. The van der Waals surface area contributed by atoms with Gasteiger partial charge in [-0.3, -0.25) is 4.79 Å². The first-order chi connectivity index (χ1) is 8.65. The van der Waals surface area contributed by atoms with Crippen LogP contribution in [0, 0.1) is 11.8 Å². The number of rotatable bonds is 3. The Morgan fingerprint density at radius 3 is 3.00 bits per heavy atom. The number of hydrogen-bond acceptors (Lipinski definition) is 3. The Kier molecular flexibility index (Phi) is 3.68. The van der Waals surface area contributed by atoms with Crippen LogP contribution in [0.3, 0.4) is 0 Å². The van der Waals surface area contributed by atoms with Crippen LogP contribution in [0.5, 0.6) is 0 Å². The van der Waals surface area contributed by atoms with E-state index in [0.717, 1.165) is 12.5 Å². The first-order valence-electron chi connectivity index (χ1n) is 6.36. The van der Waals surface area contributed by atoms with Gasteiger partial charge in [0.2, 0.25) is 0 Å². The van der Waals surface area contributed by atoms with Crippen molar-refractivity contribution in [2.45, 2.75) is 31.7 Å². The second-order valence-electron chi connectivity index (χ2n) is 5.23. The van der Waals surface area contributed by atoms with Crippen LogP contribution in [0.25, 0.3) is 0 Å². The standard InChI is InChI=1S/C13H15Cl2NOS/c14-12-4-9(13(15)18-12)11(17)5-10-8-3-1-2-7(8)6-16-10/h4,7-8,10,16H,1-3,5-6H2. The normalized spacial score (nSPS) is 30.7. The van der Waals surface area contributed by atoms with E-state index in [1.54, 1.807) is 6.07 Å². The van der Waals surface area contributed by atoms with Crippen LogP contribution in [0.4, 0.5) is 0 Å². The molecule has 1 aliphatic carbocycles. The van der Waals surface area contributed by atoms with Crippen molar-refractivity contribution < 1.29 is 4.79 Å². The molecule has 1 aromatic heterocycles. The van der Waals surface area contributed by atoms with E-state index in [1.807, 2.05) is 0 Å². The van der Waals surface area contributed by atoms with Gasteiger partial charge in [-0.25, -0.2) is 0 Å². The smallest absolute Gasteiger partial charge is 0.166 e. The number of ketones is 1. The molecule has 3 unspecified atom stereocenters. The molecule has 0 aromatic carbocycles. The minimum Gasteiger partial charge on any atom is -0.313 e. The third-order valence-electron chi connectivity index (χ3n) is 4.24. The van der Waals surface area contributed by atoms with Crippen molar-refractivity contribution in [2.75, 3.05) is 6.54 Å². The number of halogens is 2. The van der Waals surface area contributed by atoms with Gasteiger partial charge in [0, 0.05) is 18.0 Å². The summed E-state index contributed by atoms with van der Waals surface area (Å²) in [5.41, 5.74) is 0.593. The van der Waals surface area contributed by atoms with Crippen molar-refractivity contribution in [1.29, 1.82) is 0 Å². The lowest BCUT2D eigenvalue weighted by Gasteiger charge is -2.17. The summed E-state index contributed by atoms with van der Waals surface area (Å²) in [5.74, 6) is 1.58. The fraction of sp³-hybridized carbons (Fsp3) is 0.615. The van der Waals surface area contributed by atoms with E-state index in [0.29, 0.717) is 32.6 Å². The molecule has 1 aliphatic heterocycles. The lowest BCUT2D eigenvalue weighted by Crippen LogP contribution is -2.29. The molecule has 0 bridgehead atoms. The van der Waals surface area contributed by atoms with Crippen LogP contribution in [-0.4, -0.2) is 18.4 Å². The number of Topliss-reactive ketones (excluding diaryl/α,β-unsaturated/α-hetero) is 1. The molecule has 1 saturated heterocycles. The van der Waals surface area contributed by atoms with E-state index in [2.05, 4.69) is 5.32 Å². The van der Waals surface area contributed by atoms with E-state index >= 15 is 0 Å². The zero-order valence-electron chi connectivity index (χ0n) is 9.92. The summed E-state index contributed by atoms with van der Waals surface area (Å²) in [5, 5.41) is 3.49. The fourth-order valence-electron chi connectivity index (χ4n) is 3.37. The van der Waals surface area contributed by atoms with E-state index in [9.17, 15) is 4.79 Å². The molecule has 2 aliphatic rings. The van der Waals surface area contributed by atoms with Gasteiger partial charge in [-0.1, -0.05) is 29.6 Å². The highest BCUT2D eigenvalue weighted by molar-refractivity contribution is 7.20. The maximum absolute atomic E-state index is 12.2. The SMILES string of the molecule is O=C(CC1NCC2CCCC21)c1cc(Cl)sc1Cl. The van der Waals surface area contributed by atoms with Crippen molar-refractivity contribution in [3.05, 3.63) is 20.3 Å². The highest BCUT2D eigenvalue weighted by atomic mass is 35.5. The molecule has 0 spiro atoms. The molecule has 18 heavy (non-hydrogen) atoms. The Hall–Kier alpha value is -0.0900. The highest BCUT2D eigenvalue weighted by Gasteiger charge is 2.39. The van der Waals surface area contributed by atoms with Gasteiger partial charge >= 0.3 is 0 Å². The molecule has 2 fully saturated rings. The van der Waals surface area contributed by atoms with Gasteiger partial charge in [-0.05, 0) is 37.3 Å². The molecule has 1 N–H and O–H groups in total. The quantitative estimate of drug-likeness (QED) is 0.855. The minimum atomic E-state index is 0.119. The summed E-state index contributed by atoms with van der Waals surface area (Å²) in [7, 11) is 0. The molecule has 2 nitrogen and oxygen atoms in total.